The van der Waals surface area contributed by atoms with Crippen molar-refractivity contribution in [3.63, 3.8) is 0 Å². The largest absolute Gasteiger partial charge is 0.248 e. The van der Waals surface area contributed by atoms with E-state index in [1.807, 2.05) is 0 Å². The maximum Gasteiger partial charge on any atom is 0.0776 e. The molecule has 0 saturated carbocycles. The average Bonchev–Trinajstić information content (AvgIpc) is 2.66. The minimum absolute atomic E-state index is 1.05. The summed E-state index contributed by atoms with van der Waals surface area (Å²) >= 11 is 0. The summed E-state index contributed by atoms with van der Waals surface area (Å²) in [7, 11) is -1.40. The van der Waals surface area contributed by atoms with Crippen LogP contribution in [0.3, 0.4) is 0 Å². The Hall–Kier alpha value is -2.71. The van der Waals surface area contributed by atoms with Gasteiger partial charge in [0.25, 0.3) is 0 Å². The molecule has 0 atom stereocenters. The van der Waals surface area contributed by atoms with Crippen molar-refractivity contribution in [2.75, 3.05) is 0 Å². The number of aryl methyl sites for hydroxylation is 2. The van der Waals surface area contributed by atoms with Gasteiger partial charge < -0.3 is 0 Å². The Bertz CT molecular complexity index is 1130. The van der Waals surface area contributed by atoms with Gasteiger partial charge in [-0.05, 0) is 49.2 Å². The van der Waals surface area contributed by atoms with Crippen LogP contribution in [-0.2, 0) is 0 Å². The van der Waals surface area contributed by atoms with Gasteiger partial charge in [0.15, 0.2) is 0 Å². The highest BCUT2D eigenvalue weighted by Gasteiger charge is 2.18. The lowest BCUT2D eigenvalue weighted by atomic mass is 9.97. The van der Waals surface area contributed by atoms with E-state index >= 15 is 0 Å². The highest BCUT2D eigenvalue weighted by atomic mass is 28.3. The van der Waals surface area contributed by atoms with Crippen molar-refractivity contribution >= 4 is 24.2 Å². The lowest BCUT2D eigenvalue weighted by Gasteiger charge is -2.18. The Morgan fingerprint density at radius 2 is 1.36 bits per heavy atom. The van der Waals surface area contributed by atoms with Crippen molar-refractivity contribution in [2.24, 2.45) is 0 Å². The highest BCUT2D eigenvalue weighted by Crippen LogP contribution is 2.32. The van der Waals surface area contributed by atoms with Gasteiger partial charge in [0, 0.05) is 10.9 Å². The fraction of sp³-hybridized carbons (Fsp3) is 0.192. The third kappa shape index (κ3) is 3.65. The third-order valence-corrected chi connectivity index (χ3v) is 7.32. The van der Waals surface area contributed by atoms with Crippen LogP contribution in [0.15, 0.2) is 72.8 Å². The lowest BCUT2D eigenvalue weighted by molar-refractivity contribution is 1.34. The zero-order valence-electron chi connectivity index (χ0n) is 17.4. The normalized spacial score (nSPS) is 11.8. The molecule has 0 aliphatic rings. The number of rotatable bonds is 3. The van der Waals surface area contributed by atoms with Crippen molar-refractivity contribution < 1.29 is 0 Å². The summed E-state index contributed by atoms with van der Waals surface area (Å²) in [6.07, 6.45) is 0. The van der Waals surface area contributed by atoms with E-state index in [0.717, 1.165) is 11.2 Å². The summed E-state index contributed by atoms with van der Waals surface area (Å²) in [4.78, 5) is 5.11. The molecule has 4 aromatic rings. The van der Waals surface area contributed by atoms with Gasteiger partial charge in [-0.3, -0.25) is 0 Å². The average molecular weight is 382 g/mol. The number of nitrogens with zero attached hydrogens (tertiary/aromatic N) is 1. The van der Waals surface area contributed by atoms with E-state index in [1.165, 1.54) is 38.4 Å². The Morgan fingerprint density at radius 1 is 0.679 bits per heavy atom. The predicted molar refractivity (Wildman–Crippen MR) is 125 cm³/mol. The lowest BCUT2D eigenvalue weighted by Crippen LogP contribution is -2.37. The first-order valence-corrected chi connectivity index (χ1v) is 13.4. The van der Waals surface area contributed by atoms with Crippen LogP contribution in [-0.4, -0.2) is 13.1 Å². The van der Waals surface area contributed by atoms with E-state index in [9.17, 15) is 0 Å². The van der Waals surface area contributed by atoms with Gasteiger partial charge in [-0.15, -0.1) is 0 Å². The van der Waals surface area contributed by atoms with Gasteiger partial charge in [0.2, 0.25) is 0 Å². The zero-order chi connectivity index (χ0) is 19.9. The maximum atomic E-state index is 5.11. The molecule has 1 nitrogen and oxygen atoms in total. The molecule has 140 valence electrons. The topological polar surface area (TPSA) is 12.9 Å². The van der Waals surface area contributed by atoms with Crippen LogP contribution in [0.4, 0.5) is 0 Å². The van der Waals surface area contributed by atoms with Crippen LogP contribution in [0.2, 0.25) is 19.6 Å². The first-order valence-electron chi connectivity index (χ1n) is 9.91. The van der Waals surface area contributed by atoms with Crippen LogP contribution >= 0.6 is 0 Å². The molecular formula is C26H27NSi. The Balaban J connectivity index is 2.03. The molecule has 1 aromatic heterocycles. The molecule has 0 saturated heterocycles. The summed E-state index contributed by atoms with van der Waals surface area (Å²) in [5.74, 6) is 0. The summed E-state index contributed by atoms with van der Waals surface area (Å²) in [5, 5.41) is 2.67. The van der Waals surface area contributed by atoms with Gasteiger partial charge in [-0.2, -0.15) is 0 Å². The van der Waals surface area contributed by atoms with Crippen molar-refractivity contribution in [2.45, 2.75) is 33.5 Å². The minimum Gasteiger partial charge on any atom is -0.248 e. The van der Waals surface area contributed by atoms with Crippen LogP contribution in [0.1, 0.15) is 11.1 Å². The number of fused-ring (bicyclic) bond motifs is 1. The van der Waals surface area contributed by atoms with Gasteiger partial charge >= 0.3 is 0 Å². The summed E-state index contributed by atoms with van der Waals surface area (Å²) in [5.41, 5.74) is 8.36. The van der Waals surface area contributed by atoms with Crippen molar-refractivity contribution in [3.05, 3.63) is 83.9 Å². The molecule has 0 radical (unpaired) electrons. The Kier molecular flexibility index (Phi) is 4.68. The quantitative estimate of drug-likeness (QED) is 0.358. The first-order chi connectivity index (χ1) is 13.3. The number of benzene rings is 3. The number of hydrogen-bond donors (Lipinski definition) is 0. The second kappa shape index (κ2) is 7.03. The summed E-state index contributed by atoms with van der Waals surface area (Å²) in [6.45, 7) is 11.5. The molecule has 0 aliphatic heterocycles. The van der Waals surface area contributed by atoms with Crippen LogP contribution in [0.5, 0.6) is 0 Å². The van der Waals surface area contributed by atoms with E-state index < -0.39 is 8.07 Å². The van der Waals surface area contributed by atoms with Gasteiger partial charge in [0.05, 0.1) is 19.3 Å². The molecule has 4 rings (SSSR count). The summed E-state index contributed by atoms with van der Waals surface area (Å²) < 4.78 is 0. The molecule has 1 heterocycles. The molecule has 28 heavy (non-hydrogen) atoms. The van der Waals surface area contributed by atoms with E-state index in [2.05, 4.69) is 106 Å². The van der Waals surface area contributed by atoms with Crippen LogP contribution in [0, 0.1) is 13.8 Å². The molecule has 0 N–H and O–H groups in total. The molecule has 0 unspecified atom stereocenters. The highest BCUT2D eigenvalue weighted by molar-refractivity contribution is 6.88. The SMILES string of the molecule is Cc1cc(C)cc(-c2cc(-c3ccccc3)c3ccc([Si](C)(C)C)cc3n2)c1. The van der Waals surface area contributed by atoms with Crippen molar-refractivity contribution in [1.29, 1.82) is 0 Å². The van der Waals surface area contributed by atoms with Gasteiger partial charge in [-0.25, -0.2) is 4.98 Å². The molecule has 3 aromatic carbocycles. The molecule has 0 spiro atoms. The summed E-state index contributed by atoms with van der Waals surface area (Å²) in [6, 6.07) is 26.5. The van der Waals surface area contributed by atoms with Gasteiger partial charge in [-0.1, -0.05) is 84.5 Å². The molecule has 0 amide bonds. The van der Waals surface area contributed by atoms with E-state index in [1.54, 1.807) is 0 Å². The van der Waals surface area contributed by atoms with E-state index in [-0.39, 0.29) is 0 Å². The second-order valence-corrected chi connectivity index (χ2v) is 13.9. The molecule has 2 heteroatoms. The van der Waals surface area contributed by atoms with Crippen molar-refractivity contribution in [1.82, 2.24) is 4.98 Å². The van der Waals surface area contributed by atoms with E-state index in [4.69, 9.17) is 4.98 Å². The van der Waals surface area contributed by atoms with Gasteiger partial charge in [0.1, 0.15) is 0 Å². The number of pyridine rings is 1. The predicted octanol–water partition coefficient (Wildman–Crippen LogP) is 6.73. The Morgan fingerprint density at radius 3 is 2.00 bits per heavy atom. The number of hydrogen-bond acceptors (Lipinski definition) is 1. The smallest absolute Gasteiger partial charge is 0.0776 e. The molecular weight excluding hydrogens is 354 g/mol. The van der Waals surface area contributed by atoms with Crippen LogP contribution in [0.25, 0.3) is 33.3 Å². The monoisotopic (exact) mass is 381 g/mol. The molecule has 0 fully saturated rings. The van der Waals surface area contributed by atoms with Crippen molar-refractivity contribution in [3.8, 4) is 22.4 Å². The zero-order valence-corrected chi connectivity index (χ0v) is 18.4. The molecule has 0 bridgehead atoms. The standard InChI is InChI=1S/C26H27NSi/c1-18-13-19(2)15-21(14-18)25-17-24(20-9-7-6-8-10-20)23-12-11-22(28(3,4)5)16-26(23)27-25/h6-17H,1-5H3. The first kappa shape index (κ1) is 18.6. The fourth-order valence-electron chi connectivity index (χ4n) is 3.82. The van der Waals surface area contributed by atoms with E-state index in [0.29, 0.717) is 0 Å². The maximum absolute atomic E-state index is 5.11. The minimum atomic E-state index is -1.40. The second-order valence-electron chi connectivity index (χ2n) is 8.78. The third-order valence-electron chi connectivity index (χ3n) is 5.28. The van der Waals surface area contributed by atoms with Crippen LogP contribution < -0.4 is 5.19 Å². The fourth-order valence-corrected chi connectivity index (χ4v) is 4.97. The Labute approximate surface area is 169 Å². The number of aromatic nitrogens is 1. The molecule has 0 aliphatic carbocycles.